The van der Waals surface area contributed by atoms with E-state index in [4.69, 9.17) is 4.74 Å². The first-order chi connectivity index (χ1) is 12.7. The minimum Gasteiger partial charge on any atom is -0.496 e. The predicted octanol–water partition coefficient (Wildman–Crippen LogP) is 4.56. The molecule has 2 heterocycles. The highest BCUT2D eigenvalue weighted by atomic mass is 32.1. The molecule has 2 aromatic heterocycles. The summed E-state index contributed by atoms with van der Waals surface area (Å²) >= 11 is 1.47. The Morgan fingerprint density at radius 2 is 1.81 bits per heavy atom. The minimum absolute atomic E-state index is 0.0371. The second-order valence-corrected chi connectivity index (χ2v) is 6.65. The smallest absolute Gasteiger partial charge is 0.266 e. The highest BCUT2D eigenvalue weighted by Gasteiger charge is 2.16. The van der Waals surface area contributed by atoms with E-state index in [1.165, 1.54) is 23.9 Å². The molecule has 0 atom stereocenters. The van der Waals surface area contributed by atoms with E-state index in [1.54, 1.807) is 7.11 Å². The van der Waals surface area contributed by atoms with Crippen LogP contribution in [0.25, 0.3) is 32.1 Å². The zero-order valence-electron chi connectivity index (χ0n) is 15.1. The minimum atomic E-state index is -0.0371. The molecule has 0 unspecified atom stereocenters. The SMILES string of the molecule is CCc1ccc(-c2c(OC)ccc3[nH]c(=O)c4sccc4c23)cc1.CN. The maximum atomic E-state index is 12.3. The van der Waals surface area contributed by atoms with E-state index >= 15 is 0 Å². The van der Waals surface area contributed by atoms with Crippen LogP contribution in [-0.4, -0.2) is 19.1 Å². The maximum absolute atomic E-state index is 12.3. The van der Waals surface area contributed by atoms with Gasteiger partial charge in [0.2, 0.25) is 0 Å². The number of hydrogen-bond acceptors (Lipinski definition) is 4. The van der Waals surface area contributed by atoms with Crippen LogP contribution in [-0.2, 0) is 6.42 Å². The molecule has 26 heavy (non-hydrogen) atoms. The monoisotopic (exact) mass is 366 g/mol. The number of aryl methyl sites for hydroxylation is 1. The van der Waals surface area contributed by atoms with Gasteiger partial charge in [-0.3, -0.25) is 4.79 Å². The van der Waals surface area contributed by atoms with E-state index in [-0.39, 0.29) is 5.56 Å². The lowest BCUT2D eigenvalue weighted by Crippen LogP contribution is -2.05. The van der Waals surface area contributed by atoms with Gasteiger partial charge < -0.3 is 15.5 Å². The third-order valence-electron chi connectivity index (χ3n) is 4.43. The molecule has 0 spiro atoms. The number of pyridine rings is 1. The Morgan fingerprint density at radius 1 is 1.08 bits per heavy atom. The number of methoxy groups -OCH3 is 1. The van der Waals surface area contributed by atoms with Gasteiger partial charge in [0.25, 0.3) is 5.56 Å². The van der Waals surface area contributed by atoms with E-state index in [0.29, 0.717) is 0 Å². The molecule has 0 fully saturated rings. The van der Waals surface area contributed by atoms with Crippen LogP contribution in [0.5, 0.6) is 5.75 Å². The van der Waals surface area contributed by atoms with Crippen molar-refractivity contribution < 1.29 is 4.74 Å². The highest BCUT2D eigenvalue weighted by molar-refractivity contribution is 7.17. The summed E-state index contributed by atoms with van der Waals surface area (Å²) in [5, 5.41) is 3.98. The zero-order chi connectivity index (χ0) is 18.7. The van der Waals surface area contributed by atoms with Crippen molar-refractivity contribution in [3.63, 3.8) is 0 Å². The molecule has 4 aromatic rings. The fourth-order valence-electron chi connectivity index (χ4n) is 3.19. The molecule has 0 bridgehead atoms. The Morgan fingerprint density at radius 3 is 2.46 bits per heavy atom. The second kappa shape index (κ2) is 7.72. The van der Waals surface area contributed by atoms with Crippen LogP contribution in [0, 0.1) is 0 Å². The van der Waals surface area contributed by atoms with Gasteiger partial charge in [-0.05, 0) is 48.2 Å². The average molecular weight is 366 g/mol. The van der Waals surface area contributed by atoms with Gasteiger partial charge in [-0.2, -0.15) is 0 Å². The van der Waals surface area contributed by atoms with Crippen molar-refractivity contribution in [3.8, 4) is 16.9 Å². The molecule has 0 aliphatic carbocycles. The van der Waals surface area contributed by atoms with E-state index in [1.807, 2.05) is 23.6 Å². The number of ether oxygens (including phenoxy) is 1. The maximum Gasteiger partial charge on any atom is 0.266 e. The van der Waals surface area contributed by atoms with Crippen LogP contribution in [0.3, 0.4) is 0 Å². The fraction of sp³-hybridized carbons (Fsp3) is 0.190. The third-order valence-corrected chi connectivity index (χ3v) is 5.34. The van der Waals surface area contributed by atoms with Gasteiger partial charge in [0.15, 0.2) is 0 Å². The summed E-state index contributed by atoms with van der Waals surface area (Å²) in [6, 6.07) is 14.4. The molecule has 134 valence electrons. The zero-order valence-corrected chi connectivity index (χ0v) is 15.9. The first kappa shape index (κ1) is 18.2. The molecule has 3 N–H and O–H groups in total. The van der Waals surface area contributed by atoms with Crippen molar-refractivity contribution in [2.24, 2.45) is 5.73 Å². The normalized spacial score (nSPS) is 10.6. The molecule has 0 radical (unpaired) electrons. The van der Waals surface area contributed by atoms with Gasteiger partial charge in [0, 0.05) is 21.9 Å². The largest absolute Gasteiger partial charge is 0.496 e. The molecular weight excluding hydrogens is 344 g/mol. The molecule has 0 aliphatic heterocycles. The summed E-state index contributed by atoms with van der Waals surface area (Å²) < 4.78 is 6.38. The van der Waals surface area contributed by atoms with Gasteiger partial charge in [-0.25, -0.2) is 0 Å². The molecule has 4 nitrogen and oxygen atoms in total. The van der Waals surface area contributed by atoms with Crippen molar-refractivity contribution in [2.75, 3.05) is 14.2 Å². The lowest BCUT2D eigenvalue weighted by molar-refractivity contribution is 0.417. The third kappa shape index (κ3) is 3.00. The summed E-state index contributed by atoms with van der Waals surface area (Å²) in [6.45, 7) is 2.15. The first-order valence-electron chi connectivity index (χ1n) is 8.50. The predicted molar refractivity (Wildman–Crippen MR) is 111 cm³/mol. The van der Waals surface area contributed by atoms with Gasteiger partial charge >= 0.3 is 0 Å². The number of thiophene rings is 1. The summed E-state index contributed by atoms with van der Waals surface area (Å²) in [4.78, 5) is 15.3. The number of aromatic amines is 1. The topological polar surface area (TPSA) is 68.1 Å². The second-order valence-electron chi connectivity index (χ2n) is 5.73. The van der Waals surface area contributed by atoms with Gasteiger partial charge in [-0.1, -0.05) is 31.2 Å². The van der Waals surface area contributed by atoms with Crippen LogP contribution in [0.1, 0.15) is 12.5 Å². The Labute approximate surface area is 156 Å². The molecule has 2 aromatic carbocycles. The van der Waals surface area contributed by atoms with Gasteiger partial charge in [0.05, 0.1) is 7.11 Å². The molecule has 0 amide bonds. The summed E-state index contributed by atoms with van der Waals surface area (Å²) in [5.41, 5.74) is 8.71. The number of rotatable bonds is 3. The van der Waals surface area contributed by atoms with Crippen molar-refractivity contribution in [2.45, 2.75) is 13.3 Å². The van der Waals surface area contributed by atoms with E-state index in [2.05, 4.69) is 41.9 Å². The summed E-state index contributed by atoms with van der Waals surface area (Å²) in [5.74, 6) is 0.811. The Kier molecular flexibility index (Phi) is 5.40. The quantitative estimate of drug-likeness (QED) is 0.559. The van der Waals surface area contributed by atoms with Crippen LogP contribution in [0.2, 0.25) is 0 Å². The van der Waals surface area contributed by atoms with Crippen LogP contribution in [0.4, 0.5) is 0 Å². The Bertz CT molecular complexity index is 1090. The van der Waals surface area contributed by atoms with Crippen LogP contribution < -0.4 is 16.0 Å². The Balaban J connectivity index is 0.000000948. The number of H-pyrrole nitrogens is 1. The molecule has 4 rings (SSSR count). The first-order valence-corrected chi connectivity index (χ1v) is 9.38. The summed E-state index contributed by atoms with van der Waals surface area (Å²) in [6.07, 6.45) is 1.01. The molecular formula is C21H22N2O2S. The number of aromatic nitrogens is 1. The lowest BCUT2D eigenvalue weighted by Gasteiger charge is -2.13. The number of fused-ring (bicyclic) bond motifs is 3. The molecule has 5 heteroatoms. The van der Waals surface area contributed by atoms with Crippen molar-refractivity contribution >= 4 is 32.3 Å². The number of nitrogens with one attached hydrogen (secondary N) is 1. The van der Waals surface area contributed by atoms with Crippen molar-refractivity contribution in [3.05, 3.63) is 63.8 Å². The van der Waals surface area contributed by atoms with Crippen LogP contribution in [0.15, 0.2) is 52.6 Å². The van der Waals surface area contributed by atoms with Crippen molar-refractivity contribution in [1.82, 2.24) is 4.98 Å². The average Bonchev–Trinajstić information content (AvgIpc) is 3.19. The van der Waals surface area contributed by atoms with Crippen LogP contribution >= 0.6 is 11.3 Å². The lowest BCUT2D eigenvalue weighted by atomic mass is 9.96. The van der Waals surface area contributed by atoms with E-state index in [9.17, 15) is 4.79 Å². The summed E-state index contributed by atoms with van der Waals surface area (Å²) in [7, 11) is 3.18. The Hall–Kier alpha value is -2.63. The number of nitrogens with two attached hydrogens (primary N) is 1. The number of benzene rings is 2. The molecule has 0 aliphatic rings. The standard InChI is InChI=1S/C20H17NO2S.CH5N/c1-3-12-4-6-13(7-5-12)17-16(23-2)9-8-15-18(17)14-10-11-24-19(14)20(22)21-15;1-2/h4-11H,3H2,1-2H3,(H,21,22);2H2,1H3. The fourth-order valence-corrected chi connectivity index (χ4v) is 3.99. The van der Waals surface area contributed by atoms with Gasteiger partial charge in [-0.15, -0.1) is 11.3 Å². The highest BCUT2D eigenvalue weighted by Crippen LogP contribution is 2.40. The molecule has 0 saturated heterocycles. The van der Waals surface area contributed by atoms with E-state index < -0.39 is 0 Å². The van der Waals surface area contributed by atoms with Gasteiger partial charge in [0.1, 0.15) is 10.4 Å². The van der Waals surface area contributed by atoms with E-state index in [0.717, 1.165) is 44.3 Å². The molecule has 0 saturated carbocycles. The number of hydrogen-bond donors (Lipinski definition) is 2. The van der Waals surface area contributed by atoms with Crippen molar-refractivity contribution in [1.29, 1.82) is 0 Å².